The zero-order chi connectivity index (χ0) is 20.0. The van der Waals surface area contributed by atoms with Gasteiger partial charge in [0.15, 0.2) is 12.5 Å². The van der Waals surface area contributed by atoms with Crippen LogP contribution in [0.5, 0.6) is 0 Å². The smallest absolute Gasteiger partial charge is 0.422 e. The second kappa shape index (κ2) is 9.12. The van der Waals surface area contributed by atoms with Gasteiger partial charge in [-0.05, 0) is 32.0 Å². The van der Waals surface area contributed by atoms with Crippen LogP contribution in [0.1, 0.15) is 20.3 Å². The van der Waals surface area contributed by atoms with Crippen molar-refractivity contribution in [1.82, 2.24) is 15.5 Å². The molecule has 0 saturated carbocycles. The van der Waals surface area contributed by atoms with Gasteiger partial charge in [-0.1, -0.05) is 13.0 Å². The van der Waals surface area contributed by atoms with E-state index in [1.54, 1.807) is 18.9 Å². The Hall–Kier alpha value is -2.22. The SMILES string of the molecule is CCC1=NC=CC(NC)/C1=C\NCC1=CC(C)=C(OCC(F)(F)F)N(C)C1. The third-order valence-corrected chi connectivity index (χ3v) is 4.33. The highest BCUT2D eigenvalue weighted by atomic mass is 19.4. The van der Waals surface area contributed by atoms with Crippen molar-refractivity contribution in [3.63, 3.8) is 0 Å². The van der Waals surface area contributed by atoms with E-state index >= 15 is 0 Å². The maximum atomic E-state index is 12.4. The molecule has 1 atom stereocenters. The molecule has 0 aromatic heterocycles. The van der Waals surface area contributed by atoms with Crippen LogP contribution in [0.4, 0.5) is 13.2 Å². The summed E-state index contributed by atoms with van der Waals surface area (Å²) in [5, 5.41) is 6.55. The topological polar surface area (TPSA) is 48.9 Å². The lowest BCUT2D eigenvalue weighted by molar-refractivity contribution is -0.169. The van der Waals surface area contributed by atoms with Gasteiger partial charge in [-0.25, -0.2) is 0 Å². The Labute approximate surface area is 158 Å². The number of nitrogens with one attached hydrogen (secondary N) is 2. The van der Waals surface area contributed by atoms with E-state index in [0.717, 1.165) is 23.3 Å². The summed E-state index contributed by atoms with van der Waals surface area (Å²) in [7, 11) is 3.63. The fraction of sp³-hybridized carbons (Fsp3) is 0.526. The van der Waals surface area contributed by atoms with Crippen LogP contribution < -0.4 is 10.6 Å². The minimum atomic E-state index is -4.34. The van der Waals surface area contributed by atoms with E-state index in [0.29, 0.717) is 18.7 Å². The number of alkyl halides is 3. The Morgan fingerprint density at radius 2 is 2.15 bits per heavy atom. The molecular weight excluding hydrogens is 357 g/mol. The molecule has 5 nitrogen and oxygen atoms in total. The van der Waals surface area contributed by atoms with Gasteiger partial charge in [-0.3, -0.25) is 4.99 Å². The maximum absolute atomic E-state index is 12.4. The van der Waals surface area contributed by atoms with E-state index in [-0.39, 0.29) is 11.9 Å². The predicted molar refractivity (Wildman–Crippen MR) is 101 cm³/mol. The number of ether oxygens (including phenoxy) is 1. The molecule has 0 saturated heterocycles. The summed E-state index contributed by atoms with van der Waals surface area (Å²) in [6.07, 6.45) is 4.14. The van der Waals surface area contributed by atoms with Gasteiger partial charge in [0.25, 0.3) is 0 Å². The van der Waals surface area contributed by atoms with Crippen LogP contribution in [0.15, 0.2) is 52.1 Å². The zero-order valence-corrected chi connectivity index (χ0v) is 16.2. The maximum Gasteiger partial charge on any atom is 0.422 e. The lowest BCUT2D eigenvalue weighted by atomic mass is 9.99. The molecule has 2 aliphatic rings. The van der Waals surface area contributed by atoms with Crippen LogP contribution >= 0.6 is 0 Å². The third kappa shape index (κ3) is 5.89. The van der Waals surface area contributed by atoms with Crippen molar-refractivity contribution in [2.75, 3.05) is 33.8 Å². The first-order valence-corrected chi connectivity index (χ1v) is 8.90. The molecule has 27 heavy (non-hydrogen) atoms. The molecule has 0 spiro atoms. The van der Waals surface area contributed by atoms with Crippen LogP contribution in [-0.2, 0) is 4.74 Å². The highest BCUT2D eigenvalue weighted by Gasteiger charge is 2.30. The lowest BCUT2D eigenvalue weighted by Crippen LogP contribution is -2.33. The van der Waals surface area contributed by atoms with E-state index in [1.165, 1.54) is 0 Å². The lowest BCUT2D eigenvalue weighted by Gasteiger charge is -2.29. The summed E-state index contributed by atoms with van der Waals surface area (Å²) in [4.78, 5) is 6.11. The van der Waals surface area contributed by atoms with Crippen LogP contribution in [0.3, 0.4) is 0 Å². The van der Waals surface area contributed by atoms with Crippen molar-refractivity contribution < 1.29 is 17.9 Å². The van der Waals surface area contributed by atoms with Gasteiger partial charge in [0.2, 0.25) is 0 Å². The molecule has 0 aromatic carbocycles. The van der Waals surface area contributed by atoms with Gasteiger partial charge >= 0.3 is 6.18 Å². The molecule has 8 heteroatoms. The van der Waals surface area contributed by atoms with Crippen molar-refractivity contribution in [3.8, 4) is 0 Å². The highest BCUT2D eigenvalue weighted by Crippen LogP contribution is 2.23. The number of allylic oxidation sites excluding steroid dienone is 2. The molecular formula is C19H27F3N4O. The normalized spacial score (nSPS) is 22.1. The van der Waals surface area contributed by atoms with Gasteiger partial charge in [-0.15, -0.1) is 0 Å². The first kappa shape index (κ1) is 21.1. The zero-order valence-electron chi connectivity index (χ0n) is 16.2. The fourth-order valence-corrected chi connectivity index (χ4v) is 3.16. The minimum Gasteiger partial charge on any atom is -0.469 e. The molecule has 1 unspecified atom stereocenters. The molecule has 2 rings (SSSR count). The van der Waals surface area contributed by atoms with Gasteiger partial charge in [0, 0.05) is 49.4 Å². The van der Waals surface area contributed by atoms with E-state index in [4.69, 9.17) is 4.74 Å². The summed E-state index contributed by atoms with van der Waals surface area (Å²) in [5.74, 6) is 0.266. The van der Waals surface area contributed by atoms with Gasteiger partial charge < -0.3 is 20.3 Å². The molecule has 150 valence electrons. The molecule has 2 aliphatic heterocycles. The molecule has 2 heterocycles. The van der Waals surface area contributed by atoms with Crippen molar-refractivity contribution in [1.29, 1.82) is 0 Å². The Kier molecular flexibility index (Phi) is 7.12. The summed E-state index contributed by atoms with van der Waals surface area (Å²) in [6, 6.07) is 0.108. The van der Waals surface area contributed by atoms with Crippen molar-refractivity contribution in [2.45, 2.75) is 32.5 Å². The number of rotatable bonds is 7. The first-order valence-electron chi connectivity index (χ1n) is 8.90. The van der Waals surface area contributed by atoms with Gasteiger partial charge in [-0.2, -0.15) is 13.2 Å². The number of halogens is 3. The number of nitrogens with zero attached hydrogens (tertiary/aromatic N) is 2. The Morgan fingerprint density at radius 3 is 2.74 bits per heavy atom. The Morgan fingerprint density at radius 1 is 1.41 bits per heavy atom. The minimum absolute atomic E-state index is 0.108. The summed E-state index contributed by atoms with van der Waals surface area (Å²) >= 11 is 0. The summed E-state index contributed by atoms with van der Waals surface area (Å²) in [6.45, 7) is 3.63. The second-order valence-electron chi connectivity index (χ2n) is 6.57. The number of aliphatic imine (C=N–C) groups is 1. The number of likely N-dealkylation sites (N-methyl/N-ethyl adjacent to an activating group) is 2. The number of hydrogen-bond donors (Lipinski definition) is 2. The van der Waals surface area contributed by atoms with Crippen molar-refractivity contribution in [2.24, 2.45) is 4.99 Å². The molecule has 0 radical (unpaired) electrons. The molecule has 0 aliphatic carbocycles. The van der Waals surface area contributed by atoms with Gasteiger partial charge in [0.1, 0.15) is 0 Å². The van der Waals surface area contributed by atoms with Crippen LogP contribution in [-0.4, -0.2) is 56.6 Å². The van der Waals surface area contributed by atoms with Crippen molar-refractivity contribution in [3.05, 3.63) is 47.2 Å². The molecule has 0 bridgehead atoms. The summed E-state index contributed by atoms with van der Waals surface area (Å²) in [5.41, 5.74) is 3.86. The predicted octanol–water partition coefficient (Wildman–Crippen LogP) is 3.11. The monoisotopic (exact) mass is 384 g/mol. The van der Waals surface area contributed by atoms with Crippen LogP contribution in [0.25, 0.3) is 0 Å². The third-order valence-electron chi connectivity index (χ3n) is 4.33. The van der Waals surface area contributed by atoms with Crippen molar-refractivity contribution >= 4 is 5.71 Å². The molecule has 0 aromatic rings. The summed E-state index contributed by atoms with van der Waals surface area (Å²) < 4.78 is 42.1. The largest absolute Gasteiger partial charge is 0.469 e. The first-order chi connectivity index (χ1) is 12.7. The van der Waals surface area contributed by atoms with Gasteiger partial charge in [0.05, 0.1) is 6.04 Å². The van der Waals surface area contributed by atoms with E-state index in [9.17, 15) is 13.2 Å². The second-order valence-corrected chi connectivity index (χ2v) is 6.57. The quantitative estimate of drug-likeness (QED) is 0.708. The van der Waals surface area contributed by atoms with E-state index in [2.05, 4.69) is 22.5 Å². The average molecular weight is 384 g/mol. The molecule has 2 N–H and O–H groups in total. The van der Waals surface area contributed by atoms with E-state index < -0.39 is 12.8 Å². The van der Waals surface area contributed by atoms with Crippen LogP contribution in [0.2, 0.25) is 0 Å². The standard InChI is InChI=1S/C19H27F3N4O/c1-5-16-15(17(23-3)6-7-25-16)10-24-9-14-8-13(2)18(26(4)11-14)27-12-19(20,21)22/h6-8,10,17,23-24H,5,9,11-12H2,1-4H3/b15-10-. The number of hydrogen-bond acceptors (Lipinski definition) is 5. The molecule has 0 fully saturated rings. The fourth-order valence-electron chi connectivity index (χ4n) is 3.16. The van der Waals surface area contributed by atoms with Crippen LogP contribution in [0, 0.1) is 0 Å². The van der Waals surface area contributed by atoms with E-state index in [1.807, 2.05) is 31.6 Å². The average Bonchev–Trinajstić information content (AvgIpc) is 2.60. The highest BCUT2D eigenvalue weighted by molar-refractivity contribution is 6.02. The molecule has 0 amide bonds. The Balaban J connectivity index is 2.03. The Bertz CT molecular complexity index is 690.